The first kappa shape index (κ1) is 26.1. The summed E-state index contributed by atoms with van der Waals surface area (Å²) in [5, 5.41) is 45.5. The SMILES string of the molecule is N#Cc1ccc(O)c(OCC(F)(F)F)c1.N#Cc1ccccc1S(=O)N1CCC(O)(CO)C1. The quantitative estimate of drug-likeness (QED) is 0.593. The fourth-order valence-electron chi connectivity index (χ4n) is 2.80. The lowest BCUT2D eigenvalue weighted by Crippen LogP contribution is -2.37. The maximum absolute atomic E-state index is 12.3. The highest BCUT2D eigenvalue weighted by molar-refractivity contribution is 7.82. The first-order valence-corrected chi connectivity index (χ1v) is 10.5. The molecule has 1 fully saturated rings. The number of β-amino-alcohol motifs (C(OH)–C–C–N with tert-alkyl or cyclic N) is 1. The highest BCUT2D eigenvalue weighted by atomic mass is 32.2. The number of nitriles is 2. The first-order chi connectivity index (χ1) is 15.5. The zero-order chi connectivity index (χ0) is 24.6. The summed E-state index contributed by atoms with van der Waals surface area (Å²) >= 11 is 0. The Morgan fingerprint density at radius 2 is 1.88 bits per heavy atom. The van der Waals surface area contributed by atoms with E-state index in [9.17, 15) is 22.5 Å². The van der Waals surface area contributed by atoms with E-state index in [2.05, 4.69) is 4.74 Å². The van der Waals surface area contributed by atoms with Gasteiger partial charge in [0.25, 0.3) is 0 Å². The van der Waals surface area contributed by atoms with E-state index >= 15 is 0 Å². The largest absolute Gasteiger partial charge is 0.504 e. The first-order valence-electron chi connectivity index (χ1n) is 9.44. The van der Waals surface area contributed by atoms with Crippen LogP contribution in [-0.4, -0.2) is 61.9 Å². The number of ether oxygens (including phenoxy) is 1. The zero-order valence-corrected chi connectivity index (χ0v) is 17.9. The van der Waals surface area contributed by atoms with Crippen LogP contribution in [0, 0.1) is 22.7 Å². The van der Waals surface area contributed by atoms with E-state index in [1.165, 1.54) is 6.07 Å². The zero-order valence-electron chi connectivity index (χ0n) is 17.1. The molecule has 0 spiro atoms. The lowest BCUT2D eigenvalue weighted by molar-refractivity contribution is -0.153. The van der Waals surface area contributed by atoms with Gasteiger partial charge in [0.05, 0.1) is 28.7 Å². The molecule has 33 heavy (non-hydrogen) atoms. The number of phenolic OH excluding ortho intramolecular Hbond substituents is 1. The van der Waals surface area contributed by atoms with Crippen LogP contribution in [0.15, 0.2) is 47.4 Å². The predicted octanol–water partition coefficient (Wildman–Crippen LogP) is 2.21. The normalized spacial score (nSPS) is 19.0. The van der Waals surface area contributed by atoms with Crippen LogP contribution in [-0.2, 0) is 11.0 Å². The van der Waals surface area contributed by atoms with Crippen LogP contribution >= 0.6 is 0 Å². The Labute approximate surface area is 190 Å². The molecule has 0 bridgehead atoms. The summed E-state index contributed by atoms with van der Waals surface area (Å²) in [4.78, 5) is 0.446. The Kier molecular flexibility index (Phi) is 8.79. The van der Waals surface area contributed by atoms with Crippen molar-refractivity contribution in [2.45, 2.75) is 23.1 Å². The molecular weight excluding hydrogens is 463 g/mol. The molecule has 0 aromatic heterocycles. The van der Waals surface area contributed by atoms with Crippen LogP contribution in [0.2, 0.25) is 0 Å². The monoisotopic (exact) mass is 483 g/mol. The number of benzene rings is 2. The summed E-state index contributed by atoms with van der Waals surface area (Å²) in [6.45, 7) is -1.27. The molecule has 2 aromatic carbocycles. The molecule has 1 heterocycles. The van der Waals surface area contributed by atoms with Gasteiger partial charge in [-0.3, -0.25) is 0 Å². The van der Waals surface area contributed by atoms with Gasteiger partial charge in [0.2, 0.25) is 0 Å². The van der Waals surface area contributed by atoms with E-state index in [1.54, 1.807) is 34.6 Å². The summed E-state index contributed by atoms with van der Waals surface area (Å²) in [5.41, 5.74) is -0.697. The number of aliphatic hydroxyl groups excluding tert-OH is 1. The van der Waals surface area contributed by atoms with Gasteiger partial charge in [0.1, 0.15) is 22.7 Å². The number of aliphatic hydroxyl groups is 2. The molecule has 2 unspecified atom stereocenters. The molecule has 1 saturated heterocycles. The summed E-state index contributed by atoms with van der Waals surface area (Å²) < 4.78 is 53.6. The van der Waals surface area contributed by atoms with Crippen molar-refractivity contribution >= 4 is 11.0 Å². The van der Waals surface area contributed by atoms with E-state index in [0.717, 1.165) is 12.1 Å². The van der Waals surface area contributed by atoms with Crippen LogP contribution in [0.5, 0.6) is 11.5 Å². The summed E-state index contributed by atoms with van der Waals surface area (Å²) in [5.74, 6) is -0.787. The van der Waals surface area contributed by atoms with Gasteiger partial charge in [-0.15, -0.1) is 0 Å². The van der Waals surface area contributed by atoms with E-state index in [0.29, 0.717) is 23.4 Å². The van der Waals surface area contributed by atoms with Crippen LogP contribution in [0.25, 0.3) is 0 Å². The number of hydrogen-bond donors (Lipinski definition) is 3. The van der Waals surface area contributed by atoms with Gasteiger partial charge < -0.3 is 20.1 Å². The Bertz CT molecular complexity index is 1080. The van der Waals surface area contributed by atoms with Crippen molar-refractivity contribution in [2.75, 3.05) is 26.3 Å². The van der Waals surface area contributed by atoms with Crippen molar-refractivity contribution in [1.82, 2.24) is 4.31 Å². The van der Waals surface area contributed by atoms with Crippen LogP contribution in [0.3, 0.4) is 0 Å². The molecule has 3 rings (SSSR count). The van der Waals surface area contributed by atoms with Gasteiger partial charge in [-0.05, 0) is 30.7 Å². The molecule has 0 saturated carbocycles. The number of hydrogen-bond acceptors (Lipinski definition) is 7. The van der Waals surface area contributed by atoms with Crippen molar-refractivity contribution < 1.29 is 37.4 Å². The second-order valence-corrected chi connectivity index (χ2v) is 8.51. The predicted molar refractivity (Wildman–Crippen MR) is 110 cm³/mol. The maximum atomic E-state index is 12.3. The number of phenols is 1. The third kappa shape index (κ3) is 7.44. The highest BCUT2D eigenvalue weighted by Gasteiger charge is 2.38. The summed E-state index contributed by atoms with van der Waals surface area (Å²) in [6.07, 6.45) is -4.10. The lowest BCUT2D eigenvalue weighted by atomic mass is 10.1. The van der Waals surface area contributed by atoms with Crippen molar-refractivity contribution in [2.24, 2.45) is 0 Å². The van der Waals surface area contributed by atoms with Crippen molar-refractivity contribution in [3.05, 3.63) is 53.6 Å². The number of halogens is 3. The minimum Gasteiger partial charge on any atom is -0.504 e. The second kappa shape index (κ2) is 11.1. The molecule has 0 amide bonds. The topological polar surface area (TPSA) is 138 Å². The smallest absolute Gasteiger partial charge is 0.422 e. The van der Waals surface area contributed by atoms with Gasteiger partial charge in [0, 0.05) is 19.2 Å². The van der Waals surface area contributed by atoms with E-state index in [1.807, 2.05) is 6.07 Å². The molecule has 2 aromatic rings. The average Bonchev–Trinajstić information content (AvgIpc) is 3.20. The van der Waals surface area contributed by atoms with Crippen LogP contribution < -0.4 is 4.74 Å². The van der Waals surface area contributed by atoms with E-state index in [-0.39, 0.29) is 24.5 Å². The van der Waals surface area contributed by atoms with Crippen LogP contribution in [0.4, 0.5) is 13.2 Å². The van der Waals surface area contributed by atoms with E-state index in [4.69, 9.17) is 20.7 Å². The molecule has 12 heteroatoms. The Morgan fingerprint density at radius 3 is 2.45 bits per heavy atom. The average molecular weight is 483 g/mol. The Morgan fingerprint density at radius 1 is 1.18 bits per heavy atom. The second-order valence-electron chi connectivity index (χ2n) is 7.05. The standard InChI is InChI=1S/C12H14N2O3S.C9H6F3NO2/c13-7-10-3-1-2-4-11(10)18(17)14-6-5-12(16,8-14)9-15;10-9(11,12)5-15-8-3-6(4-13)1-2-7(8)14/h1-4,15-16H,5-6,8-9H2;1-3,14H,5H2. The van der Waals surface area contributed by atoms with Gasteiger partial charge in [-0.1, -0.05) is 12.1 Å². The summed E-state index contributed by atoms with van der Waals surface area (Å²) in [6, 6.07) is 13.8. The van der Waals surface area contributed by atoms with Gasteiger partial charge in [0.15, 0.2) is 18.1 Å². The third-order valence-electron chi connectivity index (χ3n) is 4.50. The van der Waals surface area contributed by atoms with Gasteiger partial charge in [-0.2, -0.15) is 23.7 Å². The number of aromatic hydroxyl groups is 1. The molecule has 176 valence electrons. The summed E-state index contributed by atoms with van der Waals surface area (Å²) in [7, 11) is -1.48. The highest BCUT2D eigenvalue weighted by Crippen LogP contribution is 2.28. The van der Waals surface area contributed by atoms with Crippen LogP contribution in [0.1, 0.15) is 17.5 Å². The fourth-order valence-corrected chi connectivity index (χ4v) is 4.19. The minimum atomic E-state index is -4.48. The third-order valence-corrected chi connectivity index (χ3v) is 6.01. The minimum absolute atomic E-state index is 0.116. The molecule has 1 aliphatic heterocycles. The van der Waals surface area contributed by atoms with E-state index < -0.39 is 35.1 Å². The van der Waals surface area contributed by atoms with Gasteiger partial charge in [-0.25, -0.2) is 8.51 Å². The molecule has 2 atom stereocenters. The molecule has 1 aliphatic rings. The molecule has 0 aliphatic carbocycles. The molecule has 0 radical (unpaired) electrons. The number of nitrogens with zero attached hydrogens (tertiary/aromatic N) is 3. The fraction of sp³-hybridized carbons (Fsp3) is 0.333. The van der Waals surface area contributed by atoms with Crippen molar-refractivity contribution in [3.8, 4) is 23.6 Å². The Hall–Kier alpha value is -3.16. The number of alkyl halides is 3. The lowest BCUT2D eigenvalue weighted by Gasteiger charge is -2.20. The van der Waals surface area contributed by atoms with Gasteiger partial charge >= 0.3 is 6.18 Å². The molecule has 3 N–H and O–H groups in total. The Balaban J connectivity index is 0.000000238. The number of rotatable bonds is 5. The van der Waals surface area contributed by atoms with Crippen molar-refractivity contribution in [1.29, 1.82) is 10.5 Å². The molecule has 8 nitrogen and oxygen atoms in total. The van der Waals surface area contributed by atoms with Crippen molar-refractivity contribution in [3.63, 3.8) is 0 Å². The molecular formula is C21H20F3N3O5S. The maximum Gasteiger partial charge on any atom is 0.422 e.